The number of thiophene rings is 1. The molecule has 0 amide bonds. The van der Waals surface area contributed by atoms with Gasteiger partial charge in [-0.15, -0.1) is 11.3 Å². The Bertz CT molecular complexity index is 276. The molecule has 0 atom stereocenters. The van der Waals surface area contributed by atoms with Gasteiger partial charge in [0.25, 0.3) is 0 Å². The number of aromatic hydroxyl groups is 1. The van der Waals surface area contributed by atoms with E-state index in [1.165, 1.54) is 18.3 Å². The highest BCUT2D eigenvalue weighted by molar-refractivity contribution is 7.12. The molecular weight excluding hydrogens is 160 g/mol. The molecule has 60 valence electrons. The fourth-order valence-electron chi connectivity index (χ4n) is 0.902. The van der Waals surface area contributed by atoms with Crippen LogP contribution in [0.25, 0.3) is 0 Å². The highest BCUT2D eigenvalue weighted by Gasteiger charge is 2.06. The zero-order valence-electron chi connectivity index (χ0n) is 6.55. The second kappa shape index (κ2) is 3.05. The van der Waals surface area contributed by atoms with Gasteiger partial charge >= 0.3 is 0 Å². The molecule has 1 aromatic heterocycles. The molecular formula is C8H10O2S. The Hall–Kier alpha value is -0.830. The van der Waals surface area contributed by atoms with E-state index in [4.69, 9.17) is 0 Å². The van der Waals surface area contributed by atoms with Gasteiger partial charge in [0.1, 0.15) is 11.5 Å². The van der Waals surface area contributed by atoms with Gasteiger partial charge in [-0.3, -0.25) is 4.79 Å². The van der Waals surface area contributed by atoms with Gasteiger partial charge in [-0.05, 0) is 19.9 Å². The Labute approximate surface area is 69.5 Å². The molecule has 2 nitrogen and oxygen atoms in total. The minimum Gasteiger partial charge on any atom is -0.507 e. The number of ketones is 1. The Morgan fingerprint density at radius 1 is 1.73 bits per heavy atom. The first-order chi connectivity index (χ1) is 5.09. The van der Waals surface area contributed by atoms with Crippen LogP contribution in [0.4, 0.5) is 0 Å². The molecule has 0 bridgehead atoms. The number of carbonyl (C=O) groups is 1. The van der Waals surface area contributed by atoms with Gasteiger partial charge in [-0.1, -0.05) is 0 Å². The van der Waals surface area contributed by atoms with Gasteiger partial charge in [0.15, 0.2) is 0 Å². The quantitative estimate of drug-likeness (QED) is 0.736. The molecule has 0 saturated heterocycles. The molecule has 0 aliphatic rings. The maximum absolute atomic E-state index is 10.7. The molecule has 0 radical (unpaired) electrons. The second-order valence-electron chi connectivity index (χ2n) is 2.54. The first kappa shape index (κ1) is 8.27. The summed E-state index contributed by atoms with van der Waals surface area (Å²) in [7, 11) is 0. The lowest BCUT2D eigenvalue weighted by Gasteiger charge is -1.91. The Balaban J connectivity index is 2.85. The average Bonchev–Trinajstić information content (AvgIpc) is 2.09. The maximum Gasteiger partial charge on any atom is 0.135 e. The van der Waals surface area contributed by atoms with Crippen LogP contribution in [-0.2, 0) is 11.2 Å². The van der Waals surface area contributed by atoms with E-state index in [9.17, 15) is 9.90 Å². The van der Waals surface area contributed by atoms with Crippen molar-refractivity contribution in [3.8, 4) is 5.75 Å². The molecule has 0 saturated carbocycles. The van der Waals surface area contributed by atoms with Crippen LogP contribution < -0.4 is 0 Å². The largest absolute Gasteiger partial charge is 0.507 e. The molecule has 3 heteroatoms. The number of aryl methyl sites for hydroxylation is 1. The van der Waals surface area contributed by atoms with Crippen LogP contribution in [0.15, 0.2) is 6.07 Å². The number of hydrogen-bond acceptors (Lipinski definition) is 3. The van der Waals surface area contributed by atoms with E-state index in [1.807, 2.05) is 6.92 Å². The summed E-state index contributed by atoms with van der Waals surface area (Å²) in [6.07, 6.45) is 0.352. The van der Waals surface area contributed by atoms with Crippen molar-refractivity contribution >= 4 is 17.1 Å². The first-order valence-electron chi connectivity index (χ1n) is 3.37. The SMILES string of the molecule is CC(=O)Cc1sc(C)cc1O. The van der Waals surface area contributed by atoms with Crippen molar-refractivity contribution in [2.24, 2.45) is 0 Å². The second-order valence-corrected chi connectivity index (χ2v) is 3.89. The third kappa shape index (κ3) is 2.05. The van der Waals surface area contributed by atoms with Gasteiger partial charge in [-0.2, -0.15) is 0 Å². The topological polar surface area (TPSA) is 37.3 Å². The van der Waals surface area contributed by atoms with Crippen molar-refractivity contribution in [1.82, 2.24) is 0 Å². The third-order valence-corrected chi connectivity index (χ3v) is 2.36. The van der Waals surface area contributed by atoms with Crippen molar-refractivity contribution in [2.45, 2.75) is 20.3 Å². The number of rotatable bonds is 2. The molecule has 0 spiro atoms. The fraction of sp³-hybridized carbons (Fsp3) is 0.375. The fourth-order valence-corrected chi connectivity index (χ4v) is 1.90. The van der Waals surface area contributed by atoms with Crippen LogP contribution in [0.2, 0.25) is 0 Å². The van der Waals surface area contributed by atoms with Crippen LogP contribution in [0, 0.1) is 6.92 Å². The van der Waals surface area contributed by atoms with Crippen LogP contribution in [0.5, 0.6) is 5.75 Å². The molecule has 1 aromatic rings. The Kier molecular flexibility index (Phi) is 2.29. The van der Waals surface area contributed by atoms with Crippen molar-refractivity contribution in [2.75, 3.05) is 0 Å². The van der Waals surface area contributed by atoms with E-state index in [2.05, 4.69) is 0 Å². The van der Waals surface area contributed by atoms with E-state index in [1.54, 1.807) is 6.07 Å². The number of hydrogen-bond donors (Lipinski definition) is 1. The van der Waals surface area contributed by atoms with E-state index in [0.717, 1.165) is 9.75 Å². The molecule has 0 aliphatic heterocycles. The first-order valence-corrected chi connectivity index (χ1v) is 4.19. The number of carbonyl (C=O) groups excluding carboxylic acids is 1. The molecule has 0 unspecified atom stereocenters. The summed E-state index contributed by atoms with van der Waals surface area (Å²) < 4.78 is 0. The molecule has 1 rings (SSSR count). The van der Waals surface area contributed by atoms with E-state index < -0.39 is 0 Å². The summed E-state index contributed by atoms with van der Waals surface area (Å²) in [5, 5.41) is 9.24. The summed E-state index contributed by atoms with van der Waals surface area (Å²) in [5.41, 5.74) is 0. The summed E-state index contributed by atoms with van der Waals surface area (Å²) >= 11 is 1.47. The highest BCUT2D eigenvalue weighted by Crippen LogP contribution is 2.27. The minimum absolute atomic E-state index is 0.0853. The maximum atomic E-state index is 10.7. The zero-order chi connectivity index (χ0) is 8.43. The van der Waals surface area contributed by atoms with Gasteiger partial charge in [0.05, 0.1) is 4.88 Å². The smallest absolute Gasteiger partial charge is 0.135 e. The van der Waals surface area contributed by atoms with Gasteiger partial charge in [-0.25, -0.2) is 0 Å². The standard InChI is InChI=1S/C8H10O2S/c1-5(9)3-8-7(10)4-6(2)11-8/h4,10H,3H2,1-2H3. The minimum atomic E-state index is 0.0853. The summed E-state index contributed by atoms with van der Waals surface area (Å²) in [4.78, 5) is 12.5. The zero-order valence-corrected chi connectivity index (χ0v) is 7.36. The van der Waals surface area contributed by atoms with Crippen LogP contribution in [0.3, 0.4) is 0 Å². The van der Waals surface area contributed by atoms with Crippen molar-refractivity contribution in [3.63, 3.8) is 0 Å². The lowest BCUT2D eigenvalue weighted by molar-refractivity contribution is -0.116. The average molecular weight is 170 g/mol. The lowest BCUT2D eigenvalue weighted by atomic mass is 10.2. The summed E-state index contributed by atoms with van der Waals surface area (Å²) in [6.45, 7) is 3.43. The van der Waals surface area contributed by atoms with E-state index in [0.29, 0.717) is 6.42 Å². The molecule has 1 heterocycles. The molecule has 11 heavy (non-hydrogen) atoms. The predicted molar refractivity (Wildman–Crippen MR) is 45.1 cm³/mol. The van der Waals surface area contributed by atoms with Gasteiger partial charge in [0.2, 0.25) is 0 Å². The Morgan fingerprint density at radius 2 is 2.36 bits per heavy atom. The van der Waals surface area contributed by atoms with Gasteiger partial charge < -0.3 is 5.11 Å². The lowest BCUT2D eigenvalue weighted by Crippen LogP contribution is -1.92. The van der Waals surface area contributed by atoms with E-state index in [-0.39, 0.29) is 11.5 Å². The molecule has 0 aliphatic carbocycles. The molecule has 0 aromatic carbocycles. The van der Waals surface area contributed by atoms with E-state index >= 15 is 0 Å². The summed E-state index contributed by atoms with van der Waals surface area (Å²) in [6, 6.07) is 1.68. The van der Waals surface area contributed by atoms with Crippen molar-refractivity contribution < 1.29 is 9.90 Å². The van der Waals surface area contributed by atoms with Crippen molar-refractivity contribution in [1.29, 1.82) is 0 Å². The van der Waals surface area contributed by atoms with Crippen LogP contribution in [-0.4, -0.2) is 10.9 Å². The third-order valence-electron chi connectivity index (χ3n) is 1.32. The van der Waals surface area contributed by atoms with Crippen LogP contribution in [0.1, 0.15) is 16.7 Å². The molecule has 1 N–H and O–H groups in total. The monoisotopic (exact) mass is 170 g/mol. The highest BCUT2D eigenvalue weighted by atomic mass is 32.1. The normalized spacial score (nSPS) is 10.0. The Morgan fingerprint density at radius 3 is 2.73 bits per heavy atom. The predicted octanol–water partition coefficient (Wildman–Crippen LogP) is 1.89. The van der Waals surface area contributed by atoms with Gasteiger partial charge in [0, 0.05) is 11.3 Å². The number of Topliss-reactive ketones (excluding diaryl/α,β-unsaturated/α-hetero) is 1. The summed E-state index contributed by atoms with van der Waals surface area (Å²) in [5.74, 6) is 0.338. The van der Waals surface area contributed by atoms with Crippen LogP contribution >= 0.6 is 11.3 Å². The van der Waals surface area contributed by atoms with Crippen molar-refractivity contribution in [3.05, 3.63) is 15.8 Å². The molecule has 0 fully saturated rings.